The quantitative estimate of drug-likeness (QED) is 0.424. The summed E-state index contributed by atoms with van der Waals surface area (Å²) in [5.41, 5.74) is 1.26. The lowest BCUT2D eigenvalue weighted by Crippen LogP contribution is -2.06. The van der Waals surface area contributed by atoms with Crippen LogP contribution >= 0.6 is 0 Å². The van der Waals surface area contributed by atoms with Crippen molar-refractivity contribution in [3.8, 4) is 6.07 Å². The molecule has 0 saturated carbocycles. The van der Waals surface area contributed by atoms with E-state index in [9.17, 15) is 0 Å². The standard InChI is InChI=1S/C10H10N2O/c1-8(12-13)10(7-11)9-5-3-2-4-6-9/h2-6,10,13H,1H3/b12-8+. The van der Waals surface area contributed by atoms with E-state index in [1.807, 2.05) is 30.3 Å². The van der Waals surface area contributed by atoms with E-state index in [0.717, 1.165) is 5.56 Å². The van der Waals surface area contributed by atoms with Gasteiger partial charge in [-0.05, 0) is 12.5 Å². The Bertz CT molecular complexity index is 338. The van der Waals surface area contributed by atoms with Crippen molar-refractivity contribution in [3.05, 3.63) is 35.9 Å². The largest absolute Gasteiger partial charge is 0.411 e. The summed E-state index contributed by atoms with van der Waals surface area (Å²) in [4.78, 5) is 0. The SMILES string of the molecule is C/C(=N\O)C(C#N)c1ccccc1. The van der Waals surface area contributed by atoms with Gasteiger partial charge in [-0.25, -0.2) is 0 Å². The molecule has 1 aromatic carbocycles. The summed E-state index contributed by atoms with van der Waals surface area (Å²) in [7, 11) is 0. The average molecular weight is 174 g/mol. The Labute approximate surface area is 76.9 Å². The minimum Gasteiger partial charge on any atom is -0.411 e. The van der Waals surface area contributed by atoms with Crippen molar-refractivity contribution < 1.29 is 5.21 Å². The lowest BCUT2D eigenvalue weighted by Gasteiger charge is -2.06. The molecule has 0 aliphatic heterocycles. The van der Waals surface area contributed by atoms with Crippen molar-refractivity contribution in [2.24, 2.45) is 5.16 Å². The molecule has 0 fully saturated rings. The van der Waals surface area contributed by atoms with Crippen LogP contribution in [0.2, 0.25) is 0 Å². The number of nitrogens with zero attached hydrogens (tertiary/aromatic N) is 2. The molecular weight excluding hydrogens is 164 g/mol. The van der Waals surface area contributed by atoms with Crippen molar-refractivity contribution in [2.75, 3.05) is 0 Å². The van der Waals surface area contributed by atoms with E-state index in [4.69, 9.17) is 10.5 Å². The molecule has 0 amide bonds. The Hall–Kier alpha value is -1.82. The molecule has 3 heteroatoms. The highest BCUT2D eigenvalue weighted by Crippen LogP contribution is 2.15. The van der Waals surface area contributed by atoms with Gasteiger partial charge in [-0.3, -0.25) is 0 Å². The van der Waals surface area contributed by atoms with Crippen molar-refractivity contribution in [3.63, 3.8) is 0 Å². The van der Waals surface area contributed by atoms with Gasteiger partial charge in [0.15, 0.2) is 0 Å². The molecule has 3 nitrogen and oxygen atoms in total. The van der Waals surface area contributed by atoms with Crippen LogP contribution < -0.4 is 0 Å². The first-order chi connectivity index (χ1) is 6.29. The highest BCUT2D eigenvalue weighted by Gasteiger charge is 2.13. The van der Waals surface area contributed by atoms with Crippen LogP contribution in [-0.2, 0) is 0 Å². The summed E-state index contributed by atoms with van der Waals surface area (Å²) in [6.07, 6.45) is 0. The molecule has 1 rings (SSSR count). The molecule has 13 heavy (non-hydrogen) atoms. The average Bonchev–Trinajstić information content (AvgIpc) is 2.20. The zero-order valence-electron chi connectivity index (χ0n) is 7.31. The molecule has 0 aromatic heterocycles. The number of rotatable bonds is 2. The van der Waals surface area contributed by atoms with E-state index in [2.05, 4.69) is 11.2 Å². The van der Waals surface area contributed by atoms with E-state index in [1.165, 1.54) is 0 Å². The zero-order chi connectivity index (χ0) is 9.68. The Morgan fingerprint density at radius 1 is 1.46 bits per heavy atom. The van der Waals surface area contributed by atoms with Crippen LogP contribution in [0.5, 0.6) is 0 Å². The monoisotopic (exact) mass is 174 g/mol. The molecule has 0 radical (unpaired) electrons. The fraction of sp³-hybridized carbons (Fsp3) is 0.200. The summed E-state index contributed by atoms with van der Waals surface area (Å²) in [5, 5.41) is 20.4. The van der Waals surface area contributed by atoms with Crippen LogP contribution in [0.4, 0.5) is 0 Å². The van der Waals surface area contributed by atoms with Gasteiger partial charge < -0.3 is 5.21 Å². The molecule has 0 aliphatic carbocycles. The number of nitriles is 1. The highest BCUT2D eigenvalue weighted by atomic mass is 16.4. The first kappa shape index (κ1) is 9.27. The highest BCUT2D eigenvalue weighted by molar-refractivity contribution is 5.90. The molecule has 1 aromatic rings. The first-order valence-corrected chi connectivity index (χ1v) is 3.92. The number of benzene rings is 1. The van der Waals surface area contributed by atoms with Crippen molar-refractivity contribution in [2.45, 2.75) is 12.8 Å². The van der Waals surface area contributed by atoms with E-state index >= 15 is 0 Å². The maximum absolute atomic E-state index is 8.84. The third-order valence-electron chi connectivity index (χ3n) is 1.84. The molecule has 1 unspecified atom stereocenters. The Balaban J connectivity index is 3.00. The van der Waals surface area contributed by atoms with Gasteiger partial charge in [0.05, 0.1) is 11.8 Å². The zero-order valence-corrected chi connectivity index (χ0v) is 7.31. The summed E-state index contributed by atoms with van der Waals surface area (Å²) < 4.78 is 0. The van der Waals surface area contributed by atoms with Gasteiger partial charge >= 0.3 is 0 Å². The topological polar surface area (TPSA) is 56.4 Å². The van der Waals surface area contributed by atoms with E-state index in [-0.39, 0.29) is 0 Å². The van der Waals surface area contributed by atoms with Crippen LogP contribution in [0.1, 0.15) is 18.4 Å². The predicted octanol–water partition coefficient (Wildman–Crippen LogP) is 2.14. The smallest absolute Gasteiger partial charge is 0.112 e. The third-order valence-corrected chi connectivity index (χ3v) is 1.84. The predicted molar refractivity (Wildman–Crippen MR) is 49.7 cm³/mol. The van der Waals surface area contributed by atoms with Crippen LogP contribution in [0.3, 0.4) is 0 Å². The molecular formula is C10H10N2O. The Morgan fingerprint density at radius 3 is 2.54 bits per heavy atom. The van der Waals surface area contributed by atoms with E-state index in [1.54, 1.807) is 6.92 Å². The van der Waals surface area contributed by atoms with Crippen molar-refractivity contribution >= 4 is 5.71 Å². The van der Waals surface area contributed by atoms with Gasteiger partial charge in [0.25, 0.3) is 0 Å². The minimum atomic E-state index is -0.453. The normalized spacial score (nSPS) is 13.4. The fourth-order valence-corrected chi connectivity index (χ4v) is 1.11. The Kier molecular flexibility index (Phi) is 3.04. The second-order valence-electron chi connectivity index (χ2n) is 2.71. The molecule has 66 valence electrons. The van der Waals surface area contributed by atoms with E-state index < -0.39 is 5.92 Å². The summed E-state index contributed by atoms with van der Waals surface area (Å²) >= 11 is 0. The van der Waals surface area contributed by atoms with Gasteiger partial charge in [-0.1, -0.05) is 35.5 Å². The lowest BCUT2D eigenvalue weighted by molar-refractivity contribution is 0.317. The molecule has 0 heterocycles. The molecule has 0 saturated heterocycles. The summed E-state index contributed by atoms with van der Waals surface area (Å²) in [5.74, 6) is -0.453. The van der Waals surface area contributed by atoms with Crippen LogP contribution in [0, 0.1) is 11.3 Å². The second kappa shape index (κ2) is 4.27. The molecule has 0 spiro atoms. The Morgan fingerprint density at radius 2 is 2.08 bits per heavy atom. The number of hydrogen-bond acceptors (Lipinski definition) is 3. The molecule has 0 aliphatic rings. The molecule has 1 atom stereocenters. The van der Waals surface area contributed by atoms with Gasteiger partial charge in [-0.15, -0.1) is 0 Å². The number of oxime groups is 1. The lowest BCUT2D eigenvalue weighted by atomic mass is 9.97. The first-order valence-electron chi connectivity index (χ1n) is 3.92. The summed E-state index contributed by atoms with van der Waals surface area (Å²) in [6, 6.07) is 11.3. The van der Waals surface area contributed by atoms with Gasteiger partial charge in [0.2, 0.25) is 0 Å². The second-order valence-corrected chi connectivity index (χ2v) is 2.71. The van der Waals surface area contributed by atoms with Gasteiger partial charge in [0.1, 0.15) is 5.92 Å². The van der Waals surface area contributed by atoms with Crippen LogP contribution in [0.25, 0.3) is 0 Å². The summed E-state index contributed by atoms with van der Waals surface area (Å²) in [6.45, 7) is 1.63. The van der Waals surface area contributed by atoms with Crippen LogP contribution in [0.15, 0.2) is 35.5 Å². The fourth-order valence-electron chi connectivity index (χ4n) is 1.11. The van der Waals surface area contributed by atoms with Crippen molar-refractivity contribution in [1.29, 1.82) is 5.26 Å². The molecule has 1 N–H and O–H groups in total. The van der Waals surface area contributed by atoms with Gasteiger partial charge in [-0.2, -0.15) is 5.26 Å². The van der Waals surface area contributed by atoms with Crippen molar-refractivity contribution in [1.82, 2.24) is 0 Å². The number of hydrogen-bond donors (Lipinski definition) is 1. The van der Waals surface area contributed by atoms with Crippen LogP contribution in [-0.4, -0.2) is 10.9 Å². The molecule has 0 bridgehead atoms. The maximum Gasteiger partial charge on any atom is 0.112 e. The van der Waals surface area contributed by atoms with Gasteiger partial charge in [0, 0.05) is 0 Å². The third kappa shape index (κ3) is 2.06. The maximum atomic E-state index is 8.84. The van der Waals surface area contributed by atoms with E-state index in [0.29, 0.717) is 5.71 Å². The minimum absolute atomic E-state index is 0.411.